The van der Waals surface area contributed by atoms with Crippen molar-refractivity contribution in [2.45, 2.75) is 6.42 Å². The molecule has 0 spiro atoms. The number of fused-ring (bicyclic) bond motifs is 1. The van der Waals surface area contributed by atoms with E-state index < -0.39 is 23.2 Å². The molecule has 0 aliphatic carbocycles. The van der Waals surface area contributed by atoms with Crippen LogP contribution < -0.4 is 10.6 Å². The third-order valence-corrected chi connectivity index (χ3v) is 3.28. The molecule has 0 aromatic heterocycles. The van der Waals surface area contributed by atoms with Gasteiger partial charge >= 0.3 is 0 Å². The van der Waals surface area contributed by atoms with Gasteiger partial charge in [-0.3, -0.25) is 4.79 Å². The topological polar surface area (TPSA) is 41.1 Å². The number of rotatable bonds is 2. The van der Waals surface area contributed by atoms with Gasteiger partial charge in [-0.05, 0) is 36.2 Å². The molecule has 2 aromatic carbocycles. The van der Waals surface area contributed by atoms with Crippen LogP contribution in [0.3, 0.4) is 0 Å². The summed E-state index contributed by atoms with van der Waals surface area (Å²) in [4.78, 5) is 12.0. The first-order valence-corrected chi connectivity index (χ1v) is 6.27. The fourth-order valence-corrected chi connectivity index (χ4v) is 2.24. The summed E-state index contributed by atoms with van der Waals surface area (Å²) < 4.78 is 27.0. The molecule has 3 rings (SSSR count). The molecule has 2 N–H and O–H groups in total. The van der Waals surface area contributed by atoms with Crippen molar-refractivity contribution in [1.29, 1.82) is 0 Å². The maximum absolute atomic E-state index is 13.5. The van der Waals surface area contributed by atoms with Gasteiger partial charge in [-0.15, -0.1) is 0 Å². The van der Waals surface area contributed by atoms with Crippen molar-refractivity contribution in [3.8, 4) is 0 Å². The molecule has 0 radical (unpaired) electrons. The van der Waals surface area contributed by atoms with Gasteiger partial charge in [0.1, 0.15) is 17.3 Å². The van der Waals surface area contributed by atoms with E-state index in [-0.39, 0.29) is 0 Å². The molecule has 0 bridgehead atoms. The Kier molecular flexibility index (Phi) is 3.10. The average molecular weight is 274 g/mol. The van der Waals surface area contributed by atoms with E-state index in [0.29, 0.717) is 5.56 Å². The zero-order chi connectivity index (χ0) is 14.1. The first kappa shape index (κ1) is 12.6. The summed E-state index contributed by atoms with van der Waals surface area (Å²) in [5.41, 5.74) is 1.97. The Hall–Kier alpha value is -2.43. The number of hydrogen-bond acceptors (Lipinski definition) is 2. The second kappa shape index (κ2) is 4.92. The Morgan fingerprint density at radius 1 is 1.15 bits per heavy atom. The highest BCUT2D eigenvalue weighted by Crippen LogP contribution is 2.24. The molecule has 1 aliphatic rings. The molecule has 0 unspecified atom stereocenters. The molecule has 0 saturated heterocycles. The molecule has 1 aliphatic heterocycles. The predicted octanol–water partition coefficient (Wildman–Crippen LogP) is 3.19. The quantitative estimate of drug-likeness (QED) is 0.883. The van der Waals surface area contributed by atoms with Crippen molar-refractivity contribution in [2.24, 2.45) is 0 Å². The van der Waals surface area contributed by atoms with Gasteiger partial charge in [0.2, 0.25) is 0 Å². The Morgan fingerprint density at radius 3 is 2.65 bits per heavy atom. The number of amides is 1. The number of carbonyl (C=O) groups excluding carboxylic acids is 1. The van der Waals surface area contributed by atoms with E-state index in [4.69, 9.17) is 0 Å². The van der Waals surface area contributed by atoms with Crippen molar-refractivity contribution < 1.29 is 13.6 Å². The van der Waals surface area contributed by atoms with Crippen LogP contribution in [0.5, 0.6) is 0 Å². The second-order valence-electron chi connectivity index (χ2n) is 4.60. The van der Waals surface area contributed by atoms with E-state index in [2.05, 4.69) is 10.6 Å². The molecular weight excluding hydrogens is 262 g/mol. The monoisotopic (exact) mass is 274 g/mol. The van der Waals surface area contributed by atoms with Crippen LogP contribution in [0.4, 0.5) is 20.2 Å². The van der Waals surface area contributed by atoms with Crippen LogP contribution in [-0.2, 0) is 6.42 Å². The number of para-hydroxylation sites is 1. The molecule has 3 nitrogen and oxygen atoms in total. The van der Waals surface area contributed by atoms with Crippen LogP contribution in [0.25, 0.3) is 0 Å². The molecule has 1 heterocycles. The number of anilines is 2. The summed E-state index contributed by atoms with van der Waals surface area (Å²) in [6.45, 7) is 0.836. The molecule has 102 valence electrons. The lowest BCUT2D eigenvalue weighted by molar-refractivity contribution is 0.102. The molecule has 20 heavy (non-hydrogen) atoms. The molecule has 0 saturated carbocycles. The van der Waals surface area contributed by atoms with Gasteiger partial charge in [-0.2, -0.15) is 0 Å². The molecule has 0 atom stereocenters. The average Bonchev–Trinajstić information content (AvgIpc) is 2.90. The van der Waals surface area contributed by atoms with Crippen molar-refractivity contribution in [2.75, 3.05) is 17.2 Å². The Bertz CT molecular complexity index is 665. The SMILES string of the molecule is O=C(Nc1c(F)cccc1F)c1ccc2c(c1)NCC2. The first-order chi connectivity index (χ1) is 9.65. The van der Waals surface area contributed by atoms with E-state index in [1.807, 2.05) is 6.07 Å². The van der Waals surface area contributed by atoms with Crippen LogP contribution in [0, 0.1) is 11.6 Å². The molecular formula is C15H12F2N2O. The molecule has 5 heteroatoms. The van der Waals surface area contributed by atoms with E-state index in [9.17, 15) is 13.6 Å². The standard InChI is InChI=1S/C15H12F2N2O/c16-11-2-1-3-12(17)14(11)19-15(20)10-5-4-9-6-7-18-13(9)8-10/h1-5,8,18H,6-7H2,(H,19,20). The lowest BCUT2D eigenvalue weighted by atomic mass is 10.1. The van der Waals surface area contributed by atoms with Crippen molar-refractivity contribution in [3.63, 3.8) is 0 Å². The van der Waals surface area contributed by atoms with E-state index >= 15 is 0 Å². The summed E-state index contributed by atoms with van der Waals surface area (Å²) in [5.74, 6) is -2.12. The summed E-state index contributed by atoms with van der Waals surface area (Å²) in [7, 11) is 0. The largest absolute Gasteiger partial charge is 0.384 e. The van der Waals surface area contributed by atoms with Gasteiger partial charge in [0.05, 0.1) is 0 Å². The number of nitrogens with one attached hydrogen (secondary N) is 2. The van der Waals surface area contributed by atoms with Gasteiger partial charge in [0.25, 0.3) is 5.91 Å². The van der Waals surface area contributed by atoms with Crippen LogP contribution in [0.15, 0.2) is 36.4 Å². The number of carbonyl (C=O) groups is 1. The number of hydrogen-bond donors (Lipinski definition) is 2. The highest BCUT2D eigenvalue weighted by molar-refractivity contribution is 6.05. The summed E-state index contributed by atoms with van der Waals surface area (Å²) in [5, 5.41) is 5.42. The first-order valence-electron chi connectivity index (χ1n) is 6.27. The third kappa shape index (κ3) is 2.22. The fraction of sp³-hybridized carbons (Fsp3) is 0.133. The zero-order valence-electron chi connectivity index (χ0n) is 10.5. The maximum atomic E-state index is 13.5. The zero-order valence-corrected chi connectivity index (χ0v) is 10.5. The Morgan fingerprint density at radius 2 is 1.90 bits per heavy atom. The fourth-order valence-electron chi connectivity index (χ4n) is 2.24. The van der Waals surface area contributed by atoms with Crippen LogP contribution in [0.2, 0.25) is 0 Å². The minimum atomic E-state index is -0.794. The summed E-state index contributed by atoms with van der Waals surface area (Å²) in [6.07, 6.45) is 0.916. The van der Waals surface area contributed by atoms with Crippen molar-refractivity contribution >= 4 is 17.3 Å². The van der Waals surface area contributed by atoms with E-state index in [1.165, 1.54) is 6.07 Å². The Balaban J connectivity index is 1.86. The predicted molar refractivity (Wildman–Crippen MR) is 72.9 cm³/mol. The van der Waals surface area contributed by atoms with Crippen molar-refractivity contribution in [1.82, 2.24) is 0 Å². The highest BCUT2D eigenvalue weighted by atomic mass is 19.1. The minimum Gasteiger partial charge on any atom is -0.384 e. The maximum Gasteiger partial charge on any atom is 0.255 e. The van der Waals surface area contributed by atoms with Gasteiger partial charge in [-0.25, -0.2) is 8.78 Å². The van der Waals surface area contributed by atoms with Crippen LogP contribution in [-0.4, -0.2) is 12.5 Å². The Labute approximate surface area is 114 Å². The smallest absolute Gasteiger partial charge is 0.255 e. The minimum absolute atomic E-state index is 0.362. The molecule has 2 aromatic rings. The van der Waals surface area contributed by atoms with Gasteiger partial charge in [0.15, 0.2) is 0 Å². The lowest BCUT2D eigenvalue weighted by Gasteiger charge is -2.08. The van der Waals surface area contributed by atoms with Gasteiger partial charge in [-0.1, -0.05) is 12.1 Å². The number of benzene rings is 2. The molecule has 1 amide bonds. The summed E-state index contributed by atoms with van der Waals surface area (Å²) in [6, 6.07) is 8.64. The second-order valence-corrected chi connectivity index (χ2v) is 4.60. The summed E-state index contributed by atoms with van der Waals surface area (Å²) >= 11 is 0. The third-order valence-electron chi connectivity index (χ3n) is 3.28. The van der Waals surface area contributed by atoms with Gasteiger partial charge < -0.3 is 10.6 Å². The van der Waals surface area contributed by atoms with Crippen LogP contribution >= 0.6 is 0 Å². The normalized spacial score (nSPS) is 12.7. The lowest BCUT2D eigenvalue weighted by Crippen LogP contribution is -2.14. The van der Waals surface area contributed by atoms with E-state index in [0.717, 1.165) is 36.3 Å². The van der Waals surface area contributed by atoms with Gasteiger partial charge in [0, 0.05) is 17.8 Å². The highest BCUT2D eigenvalue weighted by Gasteiger charge is 2.16. The van der Waals surface area contributed by atoms with Crippen LogP contribution in [0.1, 0.15) is 15.9 Å². The van der Waals surface area contributed by atoms with E-state index in [1.54, 1.807) is 12.1 Å². The van der Waals surface area contributed by atoms with Crippen molar-refractivity contribution in [3.05, 3.63) is 59.2 Å². The number of halogens is 2. The molecule has 0 fully saturated rings.